The summed E-state index contributed by atoms with van der Waals surface area (Å²) in [6.45, 7) is 7.90. The standard InChI is InChI=1S/C42H47N5O7S2/c1-8-33(38(50)45-39-35(40(51)53-7)31-21-22-47(25-34(31)56-39)41(52)54-42(2,3)4)55-30-16-12-15-28(24-30)43-37(49)32(44-36(48)27-13-10-9-11-14-27)23-26-17-19-29(20-18-26)46(5)6/h9-20,23-24,33H,8,21-22,25H2,1-7H3,(H,43,49)(H,44,48)(H,45,50)/b32-23+. The lowest BCUT2D eigenvalue weighted by atomic mass is 10.0. The van der Waals surface area contributed by atoms with E-state index >= 15 is 0 Å². The molecule has 1 unspecified atom stereocenters. The van der Waals surface area contributed by atoms with Crippen LogP contribution in [0.5, 0.6) is 0 Å². The topological polar surface area (TPSA) is 146 Å². The molecule has 294 valence electrons. The molecule has 1 aliphatic rings. The number of fused-ring (bicyclic) bond motifs is 1. The van der Waals surface area contributed by atoms with Crippen LogP contribution in [0.3, 0.4) is 0 Å². The predicted octanol–water partition coefficient (Wildman–Crippen LogP) is 7.81. The summed E-state index contributed by atoms with van der Waals surface area (Å²) in [5.41, 5.74) is 3.02. The molecule has 14 heteroatoms. The fourth-order valence-electron chi connectivity index (χ4n) is 5.79. The zero-order valence-corrected chi connectivity index (χ0v) is 34.2. The molecule has 1 atom stereocenters. The van der Waals surface area contributed by atoms with Crippen molar-refractivity contribution in [2.75, 3.05) is 43.3 Å². The van der Waals surface area contributed by atoms with Crippen molar-refractivity contribution < 1.29 is 33.4 Å². The number of carbonyl (C=O) groups is 5. The monoisotopic (exact) mass is 797 g/mol. The van der Waals surface area contributed by atoms with Gasteiger partial charge in [-0.1, -0.05) is 43.3 Å². The van der Waals surface area contributed by atoms with Gasteiger partial charge in [-0.15, -0.1) is 23.1 Å². The molecular formula is C42H47N5O7S2. The van der Waals surface area contributed by atoms with Crippen molar-refractivity contribution in [3.63, 3.8) is 0 Å². The average Bonchev–Trinajstić information content (AvgIpc) is 3.53. The number of rotatable bonds is 12. The third-order valence-corrected chi connectivity index (χ3v) is 11.1. The Morgan fingerprint density at radius 3 is 2.32 bits per heavy atom. The maximum absolute atomic E-state index is 13.8. The van der Waals surface area contributed by atoms with Gasteiger partial charge in [0.15, 0.2) is 0 Å². The van der Waals surface area contributed by atoms with Crippen LogP contribution in [0.25, 0.3) is 6.08 Å². The minimum atomic E-state index is -0.652. The molecule has 0 fully saturated rings. The Balaban J connectivity index is 1.31. The molecule has 0 radical (unpaired) electrons. The van der Waals surface area contributed by atoms with Gasteiger partial charge in [-0.2, -0.15) is 0 Å². The van der Waals surface area contributed by atoms with Gasteiger partial charge in [-0.25, -0.2) is 9.59 Å². The molecule has 2 heterocycles. The van der Waals surface area contributed by atoms with E-state index in [9.17, 15) is 24.0 Å². The Bertz CT molecular complexity index is 2110. The maximum Gasteiger partial charge on any atom is 0.410 e. The predicted molar refractivity (Wildman–Crippen MR) is 222 cm³/mol. The van der Waals surface area contributed by atoms with Crippen molar-refractivity contribution in [1.82, 2.24) is 10.2 Å². The number of ether oxygens (including phenoxy) is 2. The molecule has 4 amide bonds. The van der Waals surface area contributed by atoms with Crippen LogP contribution in [-0.2, 0) is 32.0 Å². The highest BCUT2D eigenvalue weighted by Crippen LogP contribution is 2.39. The summed E-state index contributed by atoms with van der Waals surface area (Å²) in [5.74, 6) is -1.83. The van der Waals surface area contributed by atoms with Crippen LogP contribution in [0.15, 0.2) is 89.5 Å². The maximum atomic E-state index is 13.8. The molecule has 1 aliphatic heterocycles. The van der Waals surface area contributed by atoms with Crippen LogP contribution < -0.4 is 20.9 Å². The number of benzene rings is 3. The number of hydrogen-bond acceptors (Lipinski definition) is 10. The highest BCUT2D eigenvalue weighted by molar-refractivity contribution is 8.00. The number of hydrogen-bond donors (Lipinski definition) is 3. The summed E-state index contributed by atoms with van der Waals surface area (Å²) < 4.78 is 10.7. The lowest BCUT2D eigenvalue weighted by Crippen LogP contribution is -2.39. The van der Waals surface area contributed by atoms with Crippen LogP contribution in [0.1, 0.15) is 70.8 Å². The number of thioether (sulfide) groups is 1. The van der Waals surface area contributed by atoms with E-state index in [1.54, 1.807) is 80.3 Å². The van der Waals surface area contributed by atoms with Gasteiger partial charge in [-0.3, -0.25) is 14.4 Å². The van der Waals surface area contributed by atoms with E-state index in [1.807, 2.05) is 56.3 Å². The third-order valence-electron chi connectivity index (χ3n) is 8.62. The molecule has 0 spiro atoms. The average molecular weight is 798 g/mol. The Labute approximate surface area is 335 Å². The fraction of sp³-hybridized carbons (Fsp3) is 0.310. The van der Waals surface area contributed by atoms with Crippen LogP contribution >= 0.6 is 23.1 Å². The SMILES string of the molecule is CCC(Sc1cccc(NC(=O)/C(=C\c2ccc(N(C)C)cc2)NC(=O)c2ccccc2)c1)C(=O)Nc1sc2c(c1C(=O)OC)CCN(C(=O)OC(C)(C)C)C2. The number of anilines is 3. The first kappa shape index (κ1) is 41.6. The Kier molecular flexibility index (Phi) is 13.6. The quantitative estimate of drug-likeness (QED) is 0.0742. The van der Waals surface area contributed by atoms with E-state index in [0.29, 0.717) is 41.2 Å². The zero-order valence-electron chi connectivity index (χ0n) is 32.6. The van der Waals surface area contributed by atoms with Gasteiger partial charge in [0.25, 0.3) is 11.8 Å². The number of nitrogens with zero attached hydrogens (tertiary/aromatic N) is 2. The number of thiophene rings is 1. The lowest BCUT2D eigenvalue weighted by molar-refractivity contribution is -0.116. The van der Waals surface area contributed by atoms with Crippen molar-refractivity contribution in [2.24, 2.45) is 0 Å². The number of amides is 4. The van der Waals surface area contributed by atoms with Gasteiger partial charge < -0.3 is 35.2 Å². The summed E-state index contributed by atoms with van der Waals surface area (Å²) in [4.78, 5) is 71.5. The van der Waals surface area contributed by atoms with Crippen molar-refractivity contribution in [1.29, 1.82) is 0 Å². The van der Waals surface area contributed by atoms with Gasteiger partial charge in [0.2, 0.25) is 5.91 Å². The number of carbonyl (C=O) groups excluding carboxylic acids is 5. The summed E-state index contributed by atoms with van der Waals surface area (Å²) in [5, 5.41) is 8.44. The van der Waals surface area contributed by atoms with E-state index < -0.39 is 34.7 Å². The van der Waals surface area contributed by atoms with E-state index in [1.165, 1.54) is 30.2 Å². The van der Waals surface area contributed by atoms with E-state index in [0.717, 1.165) is 26.6 Å². The van der Waals surface area contributed by atoms with E-state index in [2.05, 4.69) is 16.0 Å². The van der Waals surface area contributed by atoms with Crippen molar-refractivity contribution in [3.05, 3.63) is 112 Å². The number of nitrogens with one attached hydrogen (secondary N) is 3. The molecule has 1 aromatic heterocycles. The first-order valence-corrected chi connectivity index (χ1v) is 19.8. The van der Waals surface area contributed by atoms with E-state index in [-0.39, 0.29) is 18.1 Å². The number of esters is 1. The summed E-state index contributed by atoms with van der Waals surface area (Å²) in [7, 11) is 5.17. The van der Waals surface area contributed by atoms with Gasteiger partial charge in [0, 0.05) is 47.4 Å². The molecular weight excluding hydrogens is 751 g/mol. The van der Waals surface area contributed by atoms with Crippen molar-refractivity contribution in [2.45, 2.75) is 62.8 Å². The largest absolute Gasteiger partial charge is 0.465 e. The molecule has 0 saturated heterocycles. The summed E-state index contributed by atoms with van der Waals surface area (Å²) >= 11 is 2.56. The highest BCUT2D eigenvalue weighted by atomic mass is 32.2. The first-order chi connectivity index (χ1) is 26.6. The van der Waals surface area contributed by atoms with Gasteiger partial charge >= 0.3 is 12.1 Å². The molecule has 5 rings (SSSR count). The molecule has 3 aromatic carbocycles. The normalized spacial score (nSPS) is 13.2. The van der Waals surface area contributed by atoms with Crippen LogP contribution in [0.2, 0.25) is 0 Å². The summed E-state index contributed by atoms with van der Waals surface area (Å²) in [6.07, 6.45) is 2.04. The molecule has 3 N–H and O–H groups in total. The second-order valence-corrected chi connectivity index (χ2v) is 16.6. The van der Waals surface area contributed by atoms with Crippen molar-refractivity contribution in [3.8, 4) is 0 Å². The van der Waals surface area contributed by atoms with Crippen LogP contribution in [0, 0.1) is 0 Å². The molecule has 0 saturated carbocycles. The zero-order chi connectivity index (χ0) is 40.6. The van der Waals surface area contributed by atoms with Crippen LogP contribution in [-0.4, -0.2) is 73.3 Å². The summed E-state index contributed by atoms with van der Waals surface area (Å²) in [6, 6.07) is 23.3. The van der Waals surface area contributed by atoms with Crippen molar-refractivity contribution >= 4 is 75.3 Å². The highest BCUT2D eigenvalue weighted by Gasteiger charge is 2.33. The molecule has 0 aliphatic carbocycles. The third kappa shape index (κ3) is 10.8. The van der Waals surface area contributed by atoms with Crippen LogP contribution in [0.4, 0.5) is 21.2 Å². The second kappa shape index (κ2) is 18.4. The molecule has 12 nitrogen and oxygen atoms in total. The minimum absolute atomic E-state index is 0.0506. The smallest absolute Gasteiger partial charge is 0.410 e. The van der Waals surface area contributed by atoms with Gasteiger partial charge in [0.1, 0.15) is 16.3 Å². The van der Waals surface area contributed by atoms with Gasteiger partial charge in [0.05, 0.1) is 24.5 Å². The second-order valence-electron chi connectivity index (χ2n) is 14.2. The fourth-order valence-corrected chi connectivity index (χ4v) is 8.06. The molecule has 0 bridgehead atoms. The Morgan fingerprint density at radius 1 is 0.964 bits per heavy atom. The first-order valence-electron chi connectivity index (χ1n) is 18.1. The molecule has 56 heavy (non-hydrogen) atoms. The Hall–Kier alpha value is -5.60. The lowest BCUT2D eigenvalue weighted by Gasteiger charge is -2.30. The minimum Gasteiger partial charge on any atom is -0.465 e. The Morgan fingerprint density at radius 2 is 1.68 bits per heavy atom. The molecule has 4 aromatic rings. The van der Waals surface area contributed by atoms with Gasteiger partial charge in [-0.05, 0) is 93.3 Å². The number of methoxy groups -OCH3 is 1. The van der Waals surface area contributed by atoms with E-state index in [4.69, 9.17) is 9.47 Å².